The molecule has 1 aliphatic rings. The number of carbonyl (C=O) groups excluding carboxylic acids is 1. The highest BCUT2D eigenvalue weighted by Crippen LogP contribution is 2.34. The van der Waals surface area contributed by atoms with Crippen molar-refractivity contribution >= 4 is 54.8 Å². The normalized spacial score (nSPS) is 16.2. The number of hydrogen-bond donors (Lipinski definition) is 1. The Labute approximate surface area is 140 Å². The first-order valence-corrected chi connectivity index (χ1v) is 9.67. The molecule has 1 saturated heterocycles. The van der Waals surface area contributed by atoms with Crippen molar-refractivity contribution in [2.75, 3.05) is 32.8 Å². The summed E-state index contributed by atoms with van der Waals surface area (Å²) in [5.74, 6) is -0.0774. The second-order valence-corrected chi connectivity index (χ2v) is 9.10. The Bertz CT molecular complexity index is 594. The molecule has 0 radical (unpaired) electrons. The van der Waals surface area contributed by atoms with Crippen molar-refractivity contribution in [2.24, 2.45) is 0 Å². The summed E-state index contributed by atoms with van der Waals surface area (Å²) >= 11 is 10.0. The summed E-state index contributed by atoms with van der Waals surface area (Å²) in [6.45, 7) is 2.22. The van der Waals surface area contributed by atoms with Crippen molar-refractivity contribution in [1.82, 2.24) is 9.62 Å². The van der Waals surface area contributed by atoms with Gasteiger partial charge in [-0.2, -0.15) is 0 Å². The highest BCUT2D eigenvalue weighted by molar-refractivity contribution is 9.11. The molecule has 1 aliphatic heterocycles. The minimum atomic E-state index is -3.63. The molecule has 0 spiro atoms. The van der Waals surface area contributed by atoms with Gasteiger partial charge in [0.15, 0.2) is 0 Å². The van der Waals surface area contributed by atoms with Crippen LogP contribution in [0.25, 0.3) is 0 Å². The number of sulfonamides is 1. The molecule has 2 heterocycles. The minimum Gasteiger partial charge on any atom is -0.378 e. The van der Waals surface area contributed by atoms with Crippen LogP contribution in [0.3, 0.4) is 0 Å². The largest absolute Gasteiger partial charge is 0.378 e. The van der Waals surface area contributed by atoms with Crippen molar-refractivity contribution in [1.29, 1.82) is 0 Å². The van der Waals surface area contributed by atoms with E-state index >= 15 is 0 Å². The molecule has 21 heavy (non-hydrogen) atoms. The van der Waals surface area contributed by atoms with Crippen LogP contribution in [0.15, 0.2) is 14.1 Å². The van der Waals surface area contributed by atoms with Crippen LogP contribution in [0.5, 0.6) is 0 Å². The maximum absolute atomic E-state index is 12.0. The second kappa shape index (κ2) is 7.38. The van der Waals surface area contributed by atoms with E-state index in [1.807, 2.05) is 0 Å². The smallest absolute Gasteiger partial charge is 0.250 e. The van der Waals surface area contributed by atoms with Gasteiger partial charge in [-0.1, -0.05) is 11.6 Å². The summed E-state index contributed by atoms with van der Waals surface area (Å²) in [6.07, 6.45) is 0.125. The summed E-state index contributed by atoms with van der Waals surface area (Å²) in [4.78, 5) is 13.6. The number of rotatable bonds is 5. The summed E-state index contributed by atoms with van der Waals surface area (Å²) in [7, 11) is -3.63. The third kappa shape index (κ3) is 4.64. The molecule has 1 N–H and O–H groups in total. The van der Waals surface area contributed by atoms with E-state index in [1.54, 1.807) is 4.90 Å². The number of hydrogen-bond acceptors (Lipinski definition) is 5. The summed E-state index contributed by atoms with van der Waals surface area (Å²) < 4.78 is 32.3. The van der Waals surface area contributed by atoms with Gasteiger partial charge in [-0.25, -0.2) is 13.1 Å². The van der Waals surface area contributed by atoms with Gasteiger partial charge in [0, 0.05) is 26.1 Å². The number of ether oxygens (including phenoxy) is 1. The SMILES string of the molecule is O=C(CCNS(=O)(=O)c1cc(Cl)c(Br)s1)N1CCOCC1. The zero-order valence-corrected chi connectivity index (χ0v) is 14.9. The Balaban J connectivity index is 1.85. The molecule has 10 heteroatoms. The van der Waals surface area contributed by atoms with Gasteiger partial charge in [0.25, 0.3) is 0 Å². The molecule has 0 atom stereocenters. The van der Waals surface area contributed by atoms with Crippen LogP contribution in [0.2, 0.25) is 5.02 Å². The minimum absolute atomic E-state index is 0.0612. The number of carbonyl (C=O) groups is 1. The standard InChI is InChI=1S/C11H14BrClN2O4S2/c12-11-8(13)7-10(20-11)21(17,18)14-2-1-9(16)15-3-5-19-6-4-15/h7,14H,1-6H2. The molecule has 2 rings (SSSR count). The number of amides is 1. The molecular weight excluding hydrogens is 404 g/mol. The number of nitrogens with zero attached hydrogens (tertiary/aromatic N) is 1. The zero-order chi connectivity index (χ0) is 15.5. The lowest BCUT2D eigenvalue weighted by Crippen LogP contribution is -2.41. The van der Waals surface area contributed by atoms with E-state index in [1.165, 1.54) is 6.07 Å². The molecule has 0 unspecified atom stereocenters. The van der Waals surface area contributed by atoms with Gasteiger partial charge in [0.1, 0.15) is 4.21 Å². The van der Waals surface area contributed by atoms with E-state index < -0.39 is 10.0 Å². The van der Waals surface area contributed by atoms with Gasteiger partial charge in [-0.15, -0.1) is 11.3 Å². The van der Waals surface area contributed by atoms with Crippen LogP contribution < -0.4 is 4.72 Å². The van der Waals surface area contributed by atoms with E-state index in [0.717, 1.165) is 11.3 Å². The molecule has 1 aromatic heterocycles. The first-order valence-electron chi connectivity index (χ1n) is 6.20. The fourth-order valence-corrected chi connectivity index (χ4v) is 5.27. The summed E-state index contributed by atoms with van der Waals surface area (Å²) in [5, 5.41) is 0.352. The average Bonchev–Trinajstić information content (AvgIpc) is 2.80. The third-order valence-corrected chi connectivity index (χ3v) is 7.29. The van der Waals surface area contributed by atoms with Gasteiger partial charge >= 0.3 is 0 Å². The van der Waals surface area contributed by atoms with E-state index in [4.69, 9.17) is 16.3 Å². The Morgan fingerprint density at radius 3 is 2.71 bits per heavy atom. The number of thiophene rings is 1. The van der Waals surface area contributed by atoms with Crippen molar-refractivity contribution in [3.05, 3.63) is 14.9 Å². The van der Waals surface area contributed by atoms with Gasteiger partial charge < -0.3 is 9.64 Å². The maximum Gasteiger partial charge on any atom is 0.250 e. The predicted octanol–water partition coefficient (Wildman–Crippen LogP) is 1.69. The van der Waals surface area contributed by atoms with Crippen LogP contribution >= 0.6 is 38.9 Å². The molecule has 0 aliphatic carbocycles. The van der Waals surface area contributed by atoms with Crippen LogP contribution in [0.4, 0.5) is 0 Å². The van der Waals surface area contributed by atoms with E-state index in [9.17, 15) is 13.2 Å². The molecule has 0 saturated carbocycles. The summed E-state index contributed by atoms with van der Waals surface area (Å²) in [5.41, 5.74) is 0. The third-order valence-electron chi connectivity index (χ3n) is 2.88. The van der Waals surface area contributed by atoms with Gasteiger partial charge in [0.05, 0.1) is 22.0 Å². The second-order valence-electron chi connectivity index (χ2n) is 4.33. The first-order chi connectivity index (χ1) is 9.90. The average molecular weight is 418 g/mol. The zero-order valence-electron chi connectivity index (χ0n) is 11.0. The van der Waals surface area contributed by atoms with Crippen molar-refractivity contribution < 1.29 is 17.9 Å². The Hall–Kier alpha value is -0.190. The number of morpholine rings is 1. The van der Waals surface area contributed by atoms with Crippen molar-refractivity contribution in [3.63, 3.8) is 0 Å². The molecule has 1 aromatic rings. The van der Waals surface area contributed by atoms with Crippen LogP contribution in [0.1, 0.15) is 6.42 Å². The van der Waals surface area contributed by atoms with Gasteiger partial charge in [0.2, 0.25) is 15.9 Å². The Morgan fingerprint density at radius 1 is 1.48 bits per heavy atom. The fraction of sp³-hybridized carbons (Fsp3) is 0.545. The first kappa shape index (κ1) is 17.2. The van der Waals surface area contributed by atoms with E-state index in [-0.39, 0.29) is 23.1 Å². The molecule has 6 nitrogen and oxygen atoms in total. The highest BCUT2D eigenvalue weighted by Gasteiger charge is 2.20. The topological polar surface area (TPSA) is 75.7 Å². The van der Waals surface area contributed by atoms with Crippen molar-refractivity contribution in [3.8, 4) is 0 Å². The fourth-order valence-electron chi connectivity index (χ4n) is 1.79. The maximum atomic E-state index is 12.0. The Morgan fingerprint density at radius 2 is 2.14 bits per heavy atom. The lowest BCUT2D eigenvalue weighted by atomic mass is 10.3. The molecule has 1 amide bonds. The molecular formula is C11H14BrClN2O4S2. The van der Waals surface area contributed by atoms with Crippen LogP contribution in [-0.2, 0) is 19.6 Å². The monoisotopic (exact) mass is 416 g/mol. The number of nitrogens with one attached hydrogen (secondary N) is 1. The molecule has 118 valence electrons. The van der Waals surface area contributed by atoms with Gasteiger partial charge in [-0.3, -0.25) is 4.79 Å². The van der Waals surface area contributed by atoms with Crippen molar-refractivity contribution in [2.45, 2.75) is 10.6 Å². The number of halogens is 2. The molecule has 1 fully saturated rings. The predicted molar refractivity (Wildman–Crippen MR) is 84.2 cm³/mol. The van der Waals surface area contributed by atoms with Crippen LogP contribution in [-0.4, -0.2) is 52.1 Å². The molecule has 0 bridgehead atoms. The van der Waals surface area contributed by atoms with Gasteiger partial charge in [-0.05, 0) is 22.0 Å². The van der Waals surface area contributed by atoms with Crippen LogP contribution in [0, 0.1) is 0 Å². The summed E-state index contributed by atoms with van der Waals surface area (Å²) in [6, 6.07) is 1.38. The van der Waals surface area contributed by atoms with E-state index in [0.29, 0.717) is 35.1 Å². The quantitative estimate of drug-likeness (QED) is 0.791. The lowest BCUT2D eigenvalue weighted by Gasteiger charge is -2.26. The Kier molecular flexibility index (Phi) is 6.04. The van der Waals surface area contributed by atoms with E-state index in [2.05, 4.69) is 20.7 Å². The lowest BCUT2D eigenvalue weighted by molar-refractivity contribution is -0.135. The molecule has 0 aromatic carbocycles. The highest BCUT2D eigenvalue weighted by atomic mass is 79.9.